The zero-order valence-electron chi connectivity index (χ0n) is 14.9. The van der Waals surface area contributed by atoms with Crippen LogP contribution in [0.3, 0.4) is 0 Å². The Kier molecular flexibility index (Phi) is 6.73. The van der Waals surface area contributed by atoms with Gasteiger partial charge in [-0.1, -0.05) is 24.3 Å². The molecule has 1 aromatic carbocycles. The van der Waals surface area contributed by atoms with Gasteiger partial charge in [0, 0.05) is 37.3 Å². The van der Waals surface area contributed by atoms with Crippen molar-refractivity contribution in [2.24, 2.45) is 4.99 Å². The second-order valence-electron chi connectivity index (χ2n) is 6.27. The highest BCUT2D eigenvalue weighted by atomic mass is 32.2. The third-order valence-electron chi connectivity index (χ3n) is 3.81. The van der Waals surface area contributed by atoms with E-state index in [-0.39, 0.29) is 4.75 Å². The van der Waals surface area contributed by atoms with Crippen LogP contribution in [0.15, 0.2) is 47.7 Å². The fourth-order valence-corrected chi connectivity index (χ4v) is 2.41. The Morgan fingerprint density at radius 3 is 2.71 bits per heavy atom. The van der Waals surface area contributed by atoms with Gasteiger partial charge in [-0.3, -0.25) is 9.67 Å². The highest BCUT2D eigenvalue weighted by Crippen LogP contribution is 2.19. The normalized spacial score (nSPS) is 12.2. The number of hydrogen-bond acceptors (Lipinski definition) is 3. The molecular weight excluding hydrogens is 318 g/mol. The molecule has 0 radical (unpaired) electrons. The van der Waals surface area contributed by atoms with Crippen molar-refractivity contribution in [3.05, 3.63) is 53.9 Å². The van der Waals surface area contributed by atoms with Gasteiger partial charge in [0.05, 0.1) is 6.54 Å². The van der Waals surface area contributed by atoms with Gasteiger partial charge in [-0.05, 0) is 37.3 Å². The molecule has 0 saturated carbocycles. The van der Waals surface area contributed by atoms with Gasteiger partial charge in [-0.25, -0.2) is 0 Å². The number of rotatable bonds is 7. The first-order chi connectivity index (χ1) is 11.5. The van der Waals surface area contributed by atoms with Crippen LogP contribution in [-0.4, -0.2) is 40.3 Å². The molecule has 0 unspecified atom stereocenters. The van der Waals surface area contributed by atoms with Crippen molar-refractivity contribution in [2.75, 3.05) is 19.8 Å². The van der Waals surface area contributed by atoms with Crippen LogP contribution in [0.25, 0.3) is 0 Å². The highest BCUT2D eigenvalue weighted by Gasteiger charge is 2.15. The molecule has 0 bridgehead atoms. The topological polar surface area (TPSA) is 54.2 Å². The van der Waals surface area contributed by atoms with E-state index in [4.69, 9.17) is 0 Å². The summed E-state index contributed by atoms with van der Waals surface area (Å²) in [6, 6.07) is 10.5. The second-order valence-corrected chi connectivity index (χ2v) is 7.78. The van der Waals surface area contributed by atoms with Crippen molar-refractivity contribution in [1.82, 2.24) is 20.4 Å². The predicted octanol–water partition coefficient (Wildman–Crippen LogP) is 2.74. The Balaban J connectivity index is 1.88. The molecule has 0 aliphatic heterocycles. The lowest BCUT2D eigenvalue weighted by atomic mass is 10.1. The summed E-state index contributed by atoms with van der Waals surface area (Å²) in [5.41, 5.74) is 2.47. The van der Waals surface area contributed by atoms with E-state index in [9.17, 15) is 0 Å². The lowest BCUT2D eigenvalue weighted by Crippen LogP contribution is -2.42. The number of aromatic nitrogens is 2. The molecule has 0 aliphatic carbocycles. The molecule has 1 heterocycles. The molecule has 0 spiro atoms. The van der Waals surface area contributed by atoms with Gasteiger partial charge in [-0.15, -0.1) is 0 Å². The maximum Gasteiger partial charge on any atom is 0.191 e. The first-order valence-corrected chi connectivity index (χ1v) is 9.30. The molecule has 2 aromatic rings. The Morgan fingerprint density at radius 1 is 1.25 bits per heavy atom. The van der Waals surface area contributed by atoms with E-state index in [0.717, 1.165) is 25.6 Å². The molecule has 0 fully saturated rings. The van der Waals surface area contributed by atoms with Gasteiger partial charge in [0.15, 0.2) is 5.96 Å². The molecule has 2 rings (SSSR count). The van der Waals surface area contributed by atoms with Crippen molar-refractivity contribution >= 4 is 17.7 Å². The lowest BCUT2D eigenvalue weighted by Gasteiger charge is -2.23. The number of guanidine groups is 1. The molecule has 5 nitrogen and oxygen atoms in total. The van der Waals surface area contributed by atoms with Crippen LogP contribution in [0.4, 0.5) is 0 Å². The smallest absolute Gasteiger partial charge is 0.191 e. The van der Waals surface area contributed by atoms with Gasteiger partial charge in [-0.2, -0.15) is 16.9 Å². The number of aliphatic imine (C=N–C) groups is 1. The molecule has 0 saturated heterocycles. The number of benzene rings is 1. The summed E-state index contributed by atoms with van der Waals surface area (Å²) in [5.74, 6) is 0.828. The van der Waals surface area contributed by atoms with Crippen LogP contribution in [0.1, 0.15) is 25.0 Å². The molecule has 0 atom stereocenters. The van der Waals surface area contributed by atoms with Crippen LogP contribution in [-0.2, 0) is 13.1 Å². The molecule has 1 aromatic heterocycles. The molecular formula is C18H27N5S. The van der Waals surface area contributed by atoms with Crippen molar-refractivity contribution in [3.8, 4) is 0 Å². The number of nitrogens with one attached hydrogen (secondary N) is 2. The van der Waals surface area contributed by atoms with Crippen LogP contribution in [0.5, 0.6) is 0 Å². The molecule has 2 N–H and O–H groups in total. The molecule has 6 heteroatoms. The van der Waals surface area contributed by atoms with Crippen LogP contribution < -0.4 is 10.6 Å². The average molecular weight is 346 g/mol. The van der Waals surface area contributed by atoms with Gasteiger partial charge in [0.25, 0.3) is 0 Å². The number of hydrogen-bond donors (Lipinski definition) is 2. The third-order valence-corrected chi connectivity index (χ3v) is 5.06. The van der Waals surface area contributed by atoms with Gasteiger partial charge in [0.1, 0.15) is 0 Å². The van der Waals surface area contributed by atoms with Crippen LogP contribution >= 0.6 is 11.8 Å². The average Bonchev–Trinajstić information content (AvgIpc) is 3.08. The van der Waals surface area contributed by atoms with Gasteiger partial charge < -0.3 is 10.6 Å². The molecule has 0 aliphatic rings. The second kappa shape index (κ2) is 8.78. The Morgan fingerprint density at radius 2 is 2.04 bits per heavy atom. The summed E-state index contributed by atoms with van der Waals surface area (Å²) in [5, 5.41) is 11.0. The summed E-state index contributed by atoms with van der Waals surface area (Å²) in [6.45, 7) is 6.84. The first kappa shape index (κ1) is 18.4. The SMILES string of the molecule is CN=C(NCc1cccc(Cn2cccn2)c1)NCC(C)(C)SC. The van der Waals surface area contributed by atoms with E-state index in [1.165, 1.54) is 11.1 Å². The fraction of sp³-hybridized carbons (Fsp3) is 0.444. The van der Waals surface area contributed by atoms with Crippen molar-refractivity contribution < 1.29 is 0 Å². The van der Waals surface area contributed by atoms with Crippen LogP contribution in [0.2, 0.25) is 0 Å². The predicted molar refractivity (Wildman–Crippen MR) is 104 cm³/mol. The van der Waals surface area contributed by atoms with E-state index < -0.39 is 0 Å². The maximum atomic E-state index is 4.29. The van der Waals surface area contributed by atoms with Crippen LogP contribution in [0, 0.1) is 0 Å². The number of nitrogens with zero attached hydrogens (tertiary/aromatic N) is 3. The lowest BCUT2D eigenvalue weighted by molar-refractivity contribution is 0.664. The fourth-order valence-electron chi connectivity index (χ4n) is 2.19. The maximum absolute atomic E-state index is 4.29. The first-order valence-electron chi connectivity index (χ1n) is 8.07. The Hall–Kier alpha value is -1.95. The zero-order chi connectivity index (χ0) is 17.4. The van der Waals surface area contributed by atoms with E-state index in [1.54, 1.807) is 13.2 Å². The van der Waals surface area contributed by atoms with Gasteiger partial charge in [0.2, 0.25) is 0 Å². The monoisotopic (exact) mass is 345 g/mol. The summed E-state index contributed by atoms with van der Waals surface area (Å²) < 4.78 is 2.11. The van der Waals surface area contributed by atoms with Crippen molar-refractivity contribution in [1.29, 1.82) is 0 Å². The zero-order valence-corrected chi connectivity index (χ0v) is 15.7. The minimum atomic E-state index is 0.182. The van der Waals surface area contributed by atoms with E-state index in [0.29, 0.717) is 0 Å². The summed E-state index contributed by atoms with van der Waals surface area (Å²) in [6.07, 6.45) is 5.91. The Bertz CT molecular complexity index is 649. The summed E-state index contributed by atoms with van der Waals surface area (Å²) in [4.78, 5) is 4.29. The molecule has 0 amide bonds. The van der Waals surface area contributed by atoms with Crippen molar-refractivity contribution in [2.45, 2.75) is 31.7 Å². The third kappa shape index (κ3) is 5.92. The standard InChI is InChI=1S/C18H27N5S/c1-18(2,24-4)14-21-17(19-3)20-12-15-7-5-8-16(11-15)13-23-10-6-9-22-23/h5-11H,12-14H2,1-4H3,(H2,19,20,21). The summed E-state index contributed by atoms with van der Waals surface area (Å²) in [7, 11) is 1.80. The quantitative estimate of drug-likeness (QED) is 0.598. The largest absolute Gasteiger partial charge is 0.355 e. The minimum absolute atomic E-state index is 0.182. The van der Waals surface area contributed by atoms with Gasteiger partial charge >= 0.3 is 0 Å². The molecule has 130 valence electrons. The Labute approximate surface area is 148 Å². The van der Waals surface area contributed by atoms with Crippen molar-refractivity contribution in [3.63, 3.8) is 0 Å². The molecule has 24 heavy (non-hydrogen) atoms. The summed E-state index contributed by atoms with van der Waals surface area (Å²) >= 11 is 1.84. The minimum Gasteiger partial charge on any atom is -0.355 e. The number of thioether (sulfide) groups is 1. The van der Waals surface area contributed by atoms with E-state index in [2.05, 4.69) is 65.1 Å². The highest BCUT2D eigenvalue weighted by molar-refractivity contribution is 7.99. The van der Waals surface area contributed by atoms with E-state index in [1.807, 2.05) is 28.7 Å². The van der Waals surface area contributed by atoms with E-state index >= 15 is 0 Å².